The van der Waals surface area contributed by atoms with Crippen molar-refractivity contribution >= 4 is 0 Å². The van der Waals surface area contributed by atoms with Crippen LogP contribution in [0.4, 0.5) is 0 Å². The number of unbranched alkanes of at least 4 members (excludes halogenated alkanes) is 3. The van der Waals surface area contributed by atoms with Gasteiger partial charge in [0.25, 0.3) is 0 Å². The van der Waals surface area contributed by atoms with E-state index < -0.39 is 0 Å². The molecule has 0 atom stereocenters. The van der Waals surface area contributed by atoms with Crippen molar-refractivity contribution in [2.45, 2.75) is 39.0 Å². The third-order valence-corrected chi connectivity index (χ3v) is 2.16. The van der Waals surface area contributed by atoms with Crippen LogP contribution in [0.2, 0.25) is 0 Å². The Morgan fingerprint density at radius 3 is 2.31 bits per heavy atom. The molecular weight excluding hydrogens is 167 g/mol. The van der Waals surface area contributed by atoms with Crippen LogP contribution in [0, 0.1) is 0 Å². The predicted octanol–water partition coefficient (Wildman–Crippen LogP) is 0.926. The van der Waals surface area contributed by atoms with Crippen LogP contribution in [-0.4, -0.2) is 0 Å². The van der Waals surface area contributed by atoms with Gasteiger partial charge in [0.1, 0.15) is 0 Å². The minimum absolute atomic E-state index is 0. The van der Waals surface area contributed by atoms with Gasteiger partial charge < -0.3 is 1.43 Å². The topological polar surface area (TPSA) is 0 Å². The zero-order chi connectivity index (χ0) is 8.65. The molecule has 0 bridgehead atoms. The molecule has 0 aliphatic carbocycles. The van der Waals surface area contributed by atoms with E-state index in [1.165, 1.54) is 37.7 Å². The van der Waals surface area contributed by atoms with Gasteiger partial charge in [-0.15, -0.1) is 0 Å². The maximum atomic E-state index is 2.25. The third-order valence-electron chi connectivity index (χ3n) is 2.16. The van der Waals surface area contributed by atoms with E-state index in [4.69, 9.17) is 0 Å². The Morgan fingerprint density at radius 2 is 1.69 bits per heavy atom. The summed E-state index contributed by atoms with van der Waals surface area (Å²) in [6.45, 7) is 2.25. The zero-order valence-corrected chi connectivity index (χ0v) is 10.9. The molecule has 1 rings (SSSR count). The summed E-state index contributed by atoms with van der Waals surface area (Å²) in [5.41, 5.74) is 1.48. The molecule has 0 N–H and O–H groups in total. The monoisotopic (exact) mass is 186 g/mol. The summed E-state index contributed by atoms with van der Waals surface area (Å²) in [6, 6.07) is 10.7. The standard InChI is InChI=1S/C12H18.Na.H/c1-2-3-4-6-9-12-10-7-5-8-11-12;;/h5,7-8,10-11H,2-4,6,9H2,1H3;;/q;+1;-1. The molecule has 0 saturated carbocycles. The van der Waals surface area contributed by atoms with Crippen LogP contribution in [0.25, 0.3) is 0 Å². The molecule has 0 aliphatic rings. The average molecular weight is 186 g/mol. The van der Waals surface area contributed by atoms with Crippen molar-refractivity contribution < 1.29 is 31.0 Å². The molecule has 0 radical (unpaired) electrons. The van der Waals surface area contributed by atoms with E-state index in [-0.39, 0.29) is 31.0 Å². The van der Waals surface area contributed by atoms with Gasteiger partial charge in [0.05, 0.1) is 0 Å². The van der Waals surface area contributed by atoms with Crippen molar-refractivity contribution in [2.24, 2.45) is 0 Å². The molecule has 0 amide bonds. The Hall–Kier alpha value is 0.220. The number of rotatable bonds is 5. The summed E-state index contributed by atoms with van der Waals surface area (Å²) in [7, 11) is 0. The number of hydrogen-bond acceptors (Lipinski definition) is 0. The number of aryl methyl sites for hydroxylation is 1. The fourth-order valence-electron chi connectivity index (χ4n) is 1.40. The molecule has 1 heteroatoms. The SMILES string of the molecule is CCCCCCc1ccccc1.[H-].[Na+]. The summed E-state index contributed by atoms with van der Waals surface area (Å²) in [5, 5.41) is 0. The van der Waals surface area contributed by atoms with Gasteiger partial charge in [-0.3, -0.25) is 0 Å². The van der Waals surface area contributed by atoms with E-state index in [9.17, 15) is 0 Å². The number of hydrogen-bond donors (Lipinski definition) is 0. The Bertz CT molecular complexity index is 199. The summed E-state index contributed by atoms with van der Waals surface area (Å²) < 4.78 is 0. The molecule has 0 saturated heterocycles. The second-order valence-electron chi connectivity index (χ2n) is 3.30. The molecule has 0 heterocycles. The van der Waals surface area contributed by atoms with Gasteiger partial charge in [0, 0.05) is 0 Å². The van der Waals surface area contributed by atoms with Gasteiger partial charge in [0.15, 0.2) is 0 Å². The van der Waals surface area contributed by atoms with Crippen LogP contribution in [-0.2, 0) is 6.42 Å². The molecule has 0 aromatic heterocycles. The van der Waals surface area contributed by atoms with Crippen molar-refractivity contribution in [1.29, 1.82) is 0 Å². The molecular formula is C12H19Na. The van der Waals surface area contributed by atoms with E-state index in [2.05, 4.69) is 37.3 Å². The first-order chi connectivity index (χ1) is 5.93. The van der Waals surface area contributed by atoms with Crippen LogP contribution in [0.15, 0.2) is 30.3 Å². The second-order valence-corrected chi connectivity index (χ2v) is 3.30. The molecule has 0 fully saturated rings. The Morgan fingerprint density at radius 1 is 1.00 bits per heavy atom. The van der Waals surface area contributed by atoms with Gasteiger partial charge in [0.2, 0.25) is 0 Å². The van der Waals surface area contributed by atoms with Gasteiger partial charge in [-0.2, -0.15) is 0 Å². The predicted molar refractivity (Wildman–Crippen MR) is 55.4 cm³/mol. The summed E-state index contributed by atoms with van der Waals surface area (Å²) >= 11 is 0. The van der Waals surface area contributed by atoms with Crippen LogP contribution in [0.3, 0.4) is 0 Å². The maximum Gasteiger partial charge on any atom is 1.00 e. The minimum atomic E-state index is 0. The van der Waals surface area contributed by atoms with Crippen molar-refractivity contribution in [3.63, 3.8) is 0 Å². The Balaban J connectivity index is 0. The summed E-state index contributed by atoms with van der Waals surface area (Å²) in [6.07, 6.45) is 6.69. The van der Waals surface area contributed by atoms with E-state index >= 15 is 0 Å². The van der Waals surface area contributed by atoms with E-state index in [0.717, 1.165) is 0 Å². The van der Waals surface area contributed by atoms with Crippen molar-refractivity contribution in [1.82, 2.24) is 0 Å². The second kappa shape index (κ2) is 8.80. The van der Waals surface area contributed by atoms with Crippen LogP contribution in [0.1, 0.15) is 39.6 Å². The van der Waals surface area contributed by atoms with Crippen LogP contribution < -0.4 is 29.6 Å². The molecule has 0 nitrogen and oxygen atoms in total. The third kappa shape index (κ3) is 6.31. The first kappa shape index (κ1) is 13.2. The normalized spacial score (nSPS) is 9.31. The van der Waals surface area contributed by atoms with Gasteiger partial charge in [-0.05, 0) is 18.4 Å². The van der Waals surface area contributed by atoms with E-state index in [0.29, 0.717) is 0 Å². The largest absolute Gasteiger partial charge is 1.00 e. The Labute approximate surface area is 106 Å². The average Bonchev–Trinajstić information content (AvgIpc) is 2.14. The molecule has 13 heavy (non-hydrogen) atoms. The fraction of sp³-hybridized carbons (Fsp3) is 0.500. The summed E-state index contributed by atoms with van der Waals surface area (Å²) in [4.78, 5) is 0. The fourth-order valence-corrected chi connectivity index (χ4v) is 1.40. The van der Waals surface area contributed by atoms with Crippen molar-refractivity contribution in [3.05, 3.63) is 35.9 Å². The smallest absolute Gasteiger partial charge is 1.00 e. The molecule has 0 spiro atoms. The first-order valence-electron chi connectivity index (χ1n) is 4.97. The van der Waals surface area contributed by atoms with E-state index in [1.807, 2.05) is 0 Å². The first-order valence-corrected chi connectivity index (χ1v) is 4.97. The van der Waals surface area contributed by atoms with Crippen molar-refractivity contribution in [3.8, 4) is 0 Å². The molecule has 1 aromatic carbocycles. The van der Waals surface area contributed by atoms with Gasteiger partial charge >= 0.3 is 29.6 Å². The minimum Gasteiger partial charge on any atom is -1.00 e. The van der Waals surface area contributed by atoms with Crippen LogP contribution in [0.5, 0.6) is 0 Å². The van der Waals surface area contributed by atoms with E-state index in [1.54, 1.807) is 0 Å². The molecule has 0 aliphatic heterocycles. The summed E-state index contributed by atoms with van der Waals surface area (Å²) in [5.74, 6) is 0. The van der Waals surface area contributed by atoms with Crippen molar-refractivity contribution in [2.75, 3.05) is 0 Å². The maximum absolute atomic E-state index is 2.25. The molecule has 68 valence electrons. The quantitative estimate of drug-likeness (QED) is 0.474. The zero-order valence-electron chi connectivity index (χ0n) is 9.92. The van der Waals surface area contributed by atoms with Gasteiger partial charge in [-0.25, -0.2) is 0 Å². The van der Waals surface area contributed by atoms with Gasteiger partial charge in [-0.1, -0.05) is 56.5 Å². The molecule has 0 unspecified atom stereocenters. The molecule has 1 aromatic rings. The van der Waals surface area contributed by atoms with Crippen LogP contribution >= 0.6 is 0 Å². The number of benzene rings is 1. The Kier molecular flexibility index (Phi) is 8.95.